The topological polar surface area (TPSA) is 45.8 Å². The minimum Gasteiger partial charge on any atom is -0.306 e. The molecule has 0 spiro atoms. The fourth-order valence-corrected chi connectivity index (χ4v) is 2.34. The van der Waals surface area contributed by atoms with E-state index in [4.69, 9.17) is 11.6 Å². The number of H-pyrrole nitrogens is 1. The first kappa shape index (κ1) is 14.6. The molecule has 0 aliphatic carbocycles. The van der Waals surface area contributed by atoms with Crippen LogP contribution in [0.4, 0.5) is 13.2 Å². The Morgan fingerprint density at radius 3 is 2.55 bits per heavy atom. The highest BCUT2D eigenvalue weighted by molar-refractivity contribution is 6.30. The van der Waals surface area contributed by atoms with Crippen LogP contribution in [-0.2, 0) is 6.18 Å². The Balaban J connectivity index is 2.31. The number of aromatic nitrogens is 2. The molecule has 0 bridgehead atoms. The third-order valence-corrected chi connectivity index (χ3v) is 3.39. The van der Waals surface area contributed by atoms with Crippen LogP contribution >= 0.6 is 11.6 Å². The molecule has 0 atom stereocenters. The maximum Gasteiger partial charge on any atom is 0.417 e. The number of rotatable bonds is 1. The van der Waals surface area contributed by atoms with E-state index in [0.29, 0.717) is 10.9 Å². The van der Waals surface area contributed by atoms with Crippen LogP contribution in [-0.4, -0.2) is 9.97 Å². The number of hydrogen-bond acceptors (Lipinski definition) is 2. The first-order valence-electron chi connectivity index (χ1n) is 6.22. The van der Waals surface area contributed by atoms with Crippen LogP contribution < -0.4 is 5.56 Å². The first-order valence-corrected chi connectivity index (χ1v) is 6.60. The van der Waals surface area contributed by atoms with Crippen molar-refractivity contribution < 1.29 is 13.2 Å². The van der Waals surface area contributed by atoms with Crippen molar-refractivity contribution >= 4 is 22.5 Å². The molecule has 0 fully saturated rings. The van der Waals surface area contributed by atoms with Crippen LogP contribution in [0.1, 0.15) is 5.56 Å². The van der Waals surface area contributed by atoms with Crippen molar-refractivity contribution in [2.24, 2.45) is 0 Å². The number of para-hydroxylation sites is 1. The van der Waals surface area contributed by atoms with Gasteiger partial charge in [0, 0.05) is 10.6 Å². The van der Waals surface area contributed by atoms with Crippen molar-refractivity contribution in [3.05, 3.63) is 63.4 Å². The molecule has 7 heteroatoms. The van der Waals surface area contributed by atoms with Gasteiger partial charge in [0.25, 0.3) is 5.56 Å². The predicted octanol–water partition coefficient (Wildman–Crippen LogP) is 4.26. The Morgan fingerprint density at radius 1 is 1.09 bits per heavy atom. The third-order valence-electron chi connectivity index (χ3n) is 3.15. The van der Waals surface area contributed by atoms with Gasteiger partial charge in [-0.05, 0) is 30.3 Å². The lowest BCUT2D eigenvalue weighted by Crippen LogP contribution is -2.13. The fraction of sp³-hybridized carbons (Fsp3) is 0.0667. The second kappa shape index (κ2) is 5.14. The summed E-state index contributed by atoms with van der Waals surface area (Å²) in [6.45, 7) is 0. The van der Waals surface area contributed by atoms with E-state index in [2.05, 4.69) is 9.97 Å². The SMILES string of the molecule is O=c1[nH]c(-c2ccc(Cl)cc2C(F)(F)F)nc2ccccc12. The Hall–Kier alpha value is -2.34. The highest BCUT2D eigenvalue weighted by atomic mass is 35.5. The molecule has 2 aromatic carbocycles. The number of nitrogens with zero attached hydrogens (tertiary/aromatic N) is 1. The van der Waals surface area contributed by atoms with Crippen LogP contribution in [0.3, 0.4) is 0 Å². The van der Waals surface area contributed by atoms with Crippen LogP contribution in [0.15, 0.2) is 47.3 Å². The van der Waals surface area contributed by atoms with E-state index in [-0.39, 0.29) is 16.4 Å². The summed E-state index contributed by atoms with van der Waals surface area (Å²) in [5, 5.41) is 0.271. The van der Waals surface area contributed by atoms with Gasteiger partial charge in [-0.15, -0.1) is 0 Å². The summed E-state index contributed by atoms with van der Waals surface area (Å²) in [5.74, 6) is -0.146. The molecule has 0 radical (unpaired) electrons. The van der Waals surface area contributed by atoms with E-state index in [1.807, 2.05) is 0 Å². The second-order valence-corrected chi connectivity index (χ2v) is 5.06. The number of halogens is 4. The summed E-state index contributed by atoms with van der Waals surface area (Å²) < 4.78 is 39.5. The normalized spacial score (nSPS) is 11.8. The zero-order valence-corrected chi connectivity index (χ0v) is 11.7. The zero-order chi connectivity index (χ0) is 15.9. The van der Waals surface area contributed by atoms with Gasteiger partial charge < -0.3 is 4.98 Å². The molecule has 1 aromatic heterocycles. The number of benzene rings is 2. The van der Waals surface area contributed by atoms with Crippen molar-refractivity contribution in [1.82, 2.24) is 9.97 Å². The summed E-state index contributed by atoms with van der Waals surface area (Å²) in [5.41, 5.74) is -1.34. The maximum absolute atomic E-state index is 13.2. The minimum absolute atomic E-state index is 0.0424. The molecule has 3 nitrogen and oxygen atoms in total. The molecule has 0 saturated heterocycles. The van der Waals surface area contributed by atoms with Crippen LogP contribution in [0.5, 0.6) is 0 Å². The lowest BCUT2D eigenvalue weighted by atomic mass is 10.1. The molecule has 0 amide bonds. The van der Waals surface area contributed by atoms with Gasteiger partial charge in [0.1, 0.15) is 5.82 Å². The molecule has 0 unspecified atom stereocenters. The van der Waals surface area contributed by atoms with Gasteiger partial charge in [-0.25, -0.2) is 4.98 Å². The zero-order valence-electron chi connectivity index (χ0n) is 10.9. The largest absolute Gasteiger partial charge is 0.417 e. The van der Waals surface area contributed by atoms with Crippen LogP contribution in [0, 0.1) is 0 Å². The number of nitrogens with one attached hydrogen (secondary N) is 1. The monoisotopic (exact) mass is 324 g/mol. The maximum atomic E-state index is 13.2. The van der Waals surface area contributed by atoms with E-state index in [9.17, 15) is 18.0 Å². The molecule has 112 valence electrons. The van der Waals surface area contributed by atoms with Crippen molar-refractivity contribution in [2.45, 2.75) is 6.18 Å². The van der Waals surface area contributed by atoms with Gasteiger partial charge >= 0.3 is 6.18 Å². The summed E-state index contributed by atoms with van der Waals surface area (Å²) in [4.78, 5) is 18.5. The number of fused-ring (bicyclic) bond motifs is 1. The predicted molar refractivity (Wildman–Crippen MR) is 77.8 cm³/mol. The van der Waals surface area contributed by atoms with Crippen LogP contribution in [0.2, 0.25) is 5.02 Å². The molecule has 3 aromatic rings. The molecule has 1 N–H and O–H groups in total. The van der Waals surface area contributed by atoms with E-state index < -0.39 is 17.3 Å². The van der Waals surface area contributed by atoms with E-state index in [1.54, 1.807) is 24.3 Å². The van der Waals surface area contributed by atoms with Crippen molar-refractivity contribution in [3.8, 4) is 11.4 Å². The van der Waals surface area contributed by atoms with E-state index in [0.717, 1.165) is 6.07 Å². The Kier molecular flexibility index (Phi) is 3.41. The summed E-state index contributed by atoms with van der Waals surface area (Å²) in [6.07, 6.45) is -4.61. The molecular weight excluding hydrogens is 317 g/mol. The summed E-state index contributed by atoms with van der Waals surface area (Å²) >= 11 is 5.64. The molecule has 1 heterocycles. The standard InChI is InChI=1S/C15H8ClF3N2O/c16-8-5-6-9(11(7-8)15(17,18)19)13-20-12-4-2-1-3-10(12)14(22)21-13/h1-7H,(H,20,21,22). The number of hydrogen-bond donors (Lipinski definition) is 1. The molecule has 0 aliphatic rings. The molecule has 22 heavy (non-hydrogen) atoms. The quantitative estimate of drug-likeness (QED) is 0.727. The average molecular weight is 325 g/mol. The van der Waals surface area contributed by atoms with Crippen molar-refractivity contribution in [1.29, 1.82) is 0 Å². The summed E-state index contributed by atoms with van der Waals surface area (Å²) in [6, 6.07) is 9.76. The van der Waals surface area contributed by atoms with Gasteiger partial charge in [0.05, 0.1) is 16.5 Å². The van der Waals surface area contributed by atoms with Gasteiger partial charge in [-0.1, -0.05) is 23.7 Å². The highest BCUT2D eigenvalue weighted by Crippen LogP contribution is 2.37. The molecule has 0 aliphatic heterocycles. The van der Waals surface area contributed by atoms with E-state index in [1.165, 1.54) is 12.1 Å². The fourth-order valence-electron chi connectivity index (χ4n) is 2.17. The van der Waals surface area contributed by atoms with Crippen LogP contribution in [0.25, 0.3) is 22.3 Å². The van der Waals surface area contributed by atoms with E-state index >= 15 is 0 Å². The number of aromatic amines is 1. The second-order valence-electron chi connectivity index (χ2n) is 4.62. The molecule has 3 rings (SSSR count). The smallest absolute Gasteiger partial charge is 0.306 e. The Labute approximate surface area is 127 Å². The van der Waals surface area contributed by atoms with Gasteiger partial charge in [0.15, 0.2) is 0 Å². The lowest BCUT2D eigenvalue weighted by Gasteiger charge is -2.13. The minimum atomic E-state index is -4.61. The Morgan fingerprint density at radius 2 is 1.82 bits per heavy atom. The summed E-state index contributed by atoms with van der Waals surface area (Å²) in [7, 11) is 0. The van der Waals surface area contributed by atoms with Gasteiger partial charge in [-0.2, -0.15) is 13.2 Å². The van der Waals surface area contributed by atoms with Gasteiger partial charge in [-0.3, -0.25) is 4.79 Å². The van der Waals surface area contributed by atoms with Crippen molar-refractivity contribution in [2.75, 3.05) is 0 Å². The number of alkyl halides is 3. The van der Waals surface area contributed by atoms with Gasteiger partial charge in [0.2, 0.25) is 0 Å². The first-order chi connectivity index (χ1) is 10.4. The highest BCUT2D eigenvalue weighted by Gasteiger charge is 2.34. The van der Waals surface area contributed by atoms with Crippen molar-refractivity contribution in [3.63, 3.8) is 0 Å². The average Bonchev–Trinajstić information content (AvgIpc) is 2.46. The molecule has 0 saturated carbocycles. The molecular formula is C15H8ClF3N2O. The Bertz CT molecular complexity index is 919. The third kappa shape index (κ3) is 2.57. The lowest BCUT2D eigenvalue weighted by molar-refractivity contribution is -0.137.